The van der Waals surface area contributed by atoms with Gasteiger partial charge in [-0.1, -0.05) is 35.7 Å². The lowest BCUT2D eigenvalue weighted by Gasteiger charge is -2.23. The van der Waals surface area contributed by atoms with Gasteiger partial charge in [0.15, 0.2) is 11.6 Å². The van der Waals surface area contributed by atoms with Crippen molar-refractivity contribution in [1.29, 1.82) is 0 Å². The highest BCUT2D eigenvalue weighted by atomic mass is 79.9. The summed E-state index contributed by atoms with van der Waals surface area (Å²) in [6, 6.07) is 5.64. The Kier molecular flexibility index (Phi) is 6.22. The summed E-state index contributed by atoms with van der Waals surface area (Å²) in [5.41, 5.74) is 0.768. The van der Waals surface area contributed by atoms with Crippen LogP contribution in [0.15, 0.2) is 22.7 Å². The summed E-state index contributed by atoms with van der Waals surface area (Å²) >= 11 is 3.48. The number of ether oxygens (including phenoxy) is 1. The zero-order chi connectivity index (χ0) is 19.6. The molecule has 0 aliphatic heterocycles. The molecule has 0 bridgehead atoms. The number of halogens is 1. The van der Waals surface area contributed by atoms with Crippen molar-refractivity contribution in [2.45, 2.75) is 45.1 Å². The van der Waals surface area contributed by atoms with E-state index in [1.807, 2.05) is 18.2 Å². The maximum absolute atomic E-state index is 11.5. The van der Waals surface area contributed by atoms with Gasteiger partial charge in [0.25, 0.3) is 0 Å². The molecule has 1 aromatic carbocycles. The van der Waals surface area contributed by atoms with Crippen molar-refractivity contribution >= 4 is 26.0 Å². The number of primary sulfonamides is 1. The van der Waals surface area contributed by atoms with E-state index >= 15 is 0 Å². The smallest absolute Gasteiger partial charge is 0.210 e. The molecule has 1 aliphatic rings. The van der Waals surface area contributed by atoms with Crippen LogP contribution in [0.25, 0.3) is 11.4 Å². The van der Waals surface area contributed by atoms with E-state index in [9.17, 15) is 8.42 Å². The topological polar surface area (TPSA) is 100 Å². The van der Waals surface area contributed by atoms with Gasteiger partial charge in [-0.2, -0.15) is 5.10 Å². The molecule has 1 fully saturated rings. The first-order valence-corrected chi connectivity index (χ1v) is 11.6. The van der Waals surface area contributed by atoms with Crippen LogP contribution in [0.3, 0.4) is 0 Å². The van der Waals surface area contributed by atoms with Gasteiger partial charge < -0.3 is 4.74 Å². The normalized spacial score (nSPS) is 20.6. The number of sulfonamides is 1. The van der Waals surface area contributed by atoms with Gasteiger partial charge in [-0.15, -0.1) is 0 Å². The van der Waals surface area contributed by atoms with E-state index in [2.05, 4.69) is 28.0 Å². The Morgan fingerprint density at radius 3 is 2.63 bits per heavy atom. The molecule has 0 atom stereocenters. The quantitative estimate of drug-likeness (QED) is 0.718. The summed E-state index contributed by atoms with van der Waals surface area (Å²) in [4.78, 5) is 4.79. The van der Waals surface area contributed by atoms with Crippen LogP contribution in [0.2, 0.25) is 0 Å². The summed E-state index contributed by atoms with van der Waals surface area (Å²) in [7, 11) is -2.00. The fourth-order valence-electron chi connectivity index (χ4n) is 3.47. The van der Waals surface area contributed by atoms with E-state index in [1.165, 1.54) is 0 Å². The Bertz CT molecular complexity index is 905. The van der Waals surface area contributed by atoms with E-state index in [4.69, 9.17) is 14.9 Å². The van der Waals surface area contributed by atoms with Crippen molar-refractivity contribution < 1.29 is 13.2 Å². The summed E-state index contributed by atoms with van der Waals surface area (Å²) in [5, 5.41) is 9.85. The van der Waals surface area contributed by atoms with Crippen molar-refractivity contribution in [1.82, 2.24) is 14.8 Å². The summed E-state index contributed by atoms with van der Waals surface area (Å²) in [5.74, 6) is 2.87. The third-order valence-corrected chi connectivity index (χ3v) is 6.30. The summed E-state index contributed by atoms with van der Waals surface area (Å²) < 4.78 is 30.9. The van der Waals surface area contributed by atoms with Crippen LogP contribution in [-0.2, 0) is 16.6 Å². The Morgan fingerprint density at radius 2 is 2.00 bits per heavy atom. The lowest BCUT2D eigenvalue weighted by Crippen LogP contribution is -2.21. The molecule has 0 unspecified atom stereocenters. The Morgan fingerprint density at radius 1 is 1.30 bits per heavy atom. The molecule has 0 saturated heterocycles. The van der Waals surface area contributed by atoms with Gasteiger partial charge in [0.1, 0.15) is 5.75 Å². The van der Waals surface area contributed by atoms with Crippen LogP contribution in [0.1, 0.15) is 44.3 Å². The molecule has 1 aromatic heterocycles. The zero-order valence-corrected chi connectivity index (χ0v) is 18.0. The number of rotatable bonds is 6. The monoisotopic (exact) mass is 456 g/mol. The molecule has 1 saturated carbocycles. The van der Waals surface area contributed by atoms with Crippen LogP contribution in [-0.4, -0.2) is 36.0 Å². The van der Waals surface area contributed by atoms with Crippen molar-refractivity contribution in [2.24, 2.45) is 11.1 Å². The van der Waals surface area contributed by atoms with Crippen LogP contribution in [0, 0.1) is 5.92 Å². The van der Waals surface area contributed by atoms with Crippen LogP contribution in [0.4, 0.5) is 0 Å². The molecule has 0 spiro atoms. The van der Waals surface area contributed by atoms with E-state index in [0.29, 0.717) is 17.5 Å². The number of methoxy groups -OCH3 is 1. The standard InChI is InChI=1S/C18H25BrN4O3S/c1-12-3-5-13(6-4-12)17-21-18(23(22-17)9-10-27(20,24)25)15-11-14(19)7-8-16(15)26-2/h7-8,11-13H,3-6,9-10H2,1-2H3,(H2,20,24,25). The third kappa shape index (κ3) is 5.08. The van der Waals surface area contributed by atoms with Crippen molar-refractivity contribution in [3.63, 3.8) is 0 Å². The number of aryl methyl sites for hydroxylation is 1. The molecule has 27 heavy (non-hydrogen) atoms. The van der Waals surface area contributed by atoms with Gasteiger partial charge in [-0.3, -0.25) is 0 Å². The first kappa shape index (κ1) is 20.3. The molecule has 148 valence electrons. The second-order valence-electron chi connectivity index (χ2n) is 7.19. The molecule has 3 rings (SSSR count). The molecule has 0 amide bonds. The number of hydrogen-bond donors (Lipinski definition) is 1. The Balaban J connectivity index is 2.01. The molecular formula is C18H25BrN4O3S. The van der Waals surface area contributed by atoms with Crippen molar-refractivity contribution in [3.8, 4) is 17.1 Å². The molecule has 2 N–H and O–H groups in total. The largest absolute Gasteiger partial charge is 0.496 e. The third-order valence-electron chi connectivity index (χ3n) is 5.06. The fourth-order valence-corrected chi connectivity index (χ4v) is 4.26. The highest BCUT2D eigenvalue weighted by Crippen LogP contribution is 2.37. The van der Waals surface area contributed by atoms with Crippen LogP contribution < -0.4 is 9.88 Å². The maximum atomic E-state index is 11.5. The van der Waals surface area contributed by atoms with E-state index in [-0.39, 0.29) is 12.3 Å². The second-order valence-corrected chi connectivity index (χ2v) is 9.83. The number of nitrogens with two attached hydrogens (primary N) is 1. The van der Waals surface area contributed by atoms with E-state index in [0.717, 1.165) is 47.5 Å². The minimum atomic E-state index is -3.60. The fraction of sp³-hybridized carbons (Fsp3) is 0.556. The zero-order valence-electron chi connectivity index (χ0n) is 15.6. The number of aromatic nitrogens is 3. The van der Waals surface area contributed by atoms with E-state index < -0.39 is 10.0 Å². The predicted molar refractivity (Wildman–Crippen MR) is 108 cm³/mol. The molecular weight excluding hydrogens is 432 g/mol. The predicted octanol–water partition coefficient (Wildman–Crippen LogP) is 3.30. The van der Waals surface area contributed by atoms with Gasteiger partial charge in [0.2, 0.25) is 10.0 Å². The van der Waals surface area contributed by atoms with Crippen molar-refractivity contribution in [3.05, 3.63) is 28.5 Å². The maximum Gasteiger partial charge on any atom is 0.210 e. The molecule has 0 radical (unpaired) electrons. The lowest BCUT2D eigenvalue weighted by molar-refractivity contribution is 0.339. The van der Waals surface area contributed by atoms with Crippen LogP contribution >= 0.6 is 15.9 Å². The summed E-state index contributed by atoms with van der Waals surface area (Å²) in [6.07, 6.45) is 4.42. The van der Waals surface area contributed by atoms with Crippen molar-refractivity contribution in [2.75, 3.05) is 12.9 Å². The molecule has 2 aromatic rings. The SMILES string of the molecule is COc1ccc(Br)cc1-c1nc(C2CCC(C)CC2)nn1CCS(N)(=O)=O. The van der Waals surface area contributed by atoms with Crippen LogP contribution in [0.5, 0.6) is 5.75 Å². The van der Waals surface area contributed by atoms with Gasteiger partial charge in [-0.25, -0.2) is 23.2 Å². The Labute approximate surface area is 168 Å². The average molecular weight is 457 g/mol. The molecule has 9 heteroatoms. The highest BCUT2D eigenvalue weighted by Gasteiger charge is 2.26. The summed E-state index contributed by atoms with van der Waals surface area (Å²) in [6.45, 7) is 2.42. The molecule has 7 nitrogen and oxygen atoms in total. The number of nitrogens with zero attached hydrogens (tertiary/aromatic N) is 3. The first-order valence-electron chi connectivity index (χ1n) is 9.06. The minimum absolute atomic E-state index is 0.153. The molecule has 1 heterocycles. The lowest BCUT2D eigenvalue weighted by atomic mass is 9.83. The first-order chi connectivity index (χ1) is 12.8. The second kappa shape index (κ2) is 8.28. The van der Waals surface area contributed by atoms with Gasteiger partial charge >= 0.3 is 0 Å². The average Bonchev–Trinajstić information content (AvgIpc) is 3.04. The van der Waals surface area contributed by atoms with Gasteiger partial charge in [0, 0.05) is 10.4 Å². The number of benzene rings is 1. The number of hydrogen-bond acceptors (Lipinski definition) is 5. The minimum Gasteiger partial charge on any atom is -0.496 e. The highest BCUT2D eigenvalue weighted by molar-refractivity contribution is 9.10. The molecule has 1 aliphatic carbocycles. The van der Waals surface area contributed by atoms with Gasteiger partial charge in [0.05, 0.1) is 25.0 Å². The van der Waals surface area contributed by atoms with E-state index in [1.54, 1.807) is 11.8 Å². The Hall–Kier alpha value is -1.45. The van der Waals surface area contributed by atoms with Gasteiger partial charge in [-0.05, 0) is 37.0 Å².